The van der Waals surface area contributed by atoms with Gasteiger partial charge in [0.15, 0.2) is 0 Å². The van der Waals surface area contributed by atoms with Gasteiger partial charge in [-0.05, 0) is 38.1 Å². The van der Waals surface area contributed by atoms with Crippen LogP contribution in [0.15, 0.2) is 24.3 Å². The molecule has 0 saturated heterocycles. The fourth-order valence-electron chi connectivity index (χ4n) is 1.90. The van der Waals surface area contributed by atoms with E-state index in [0.717, 1.165) is 37.4 Å². The van der Waals surface area contributed by atoms with Crippen LogP contribution in [0.3, 0.4) is 0 Å². The lowest BCUT2D eigenvalue weighted by atomic mass is 10.3. The zero-order chi connectivity index (χ0) is 14.8. The predicted molar refractivity (Wildman–Crippen MR) is 80.1 cm³/mol. The van der Waals surface area contributed by atoms with Crippen molar-refractivity contribution in [1.29, 1.82) is 0 Å². The third-order valence-electron chi connectivity index (χ3n) is 3.05. The standard InChI is InChI=1S/C15H24N2O3/c1-3-17(9-4-5-10-18)12-15(19)16-13-7-6-8-14(11-13)20-2/h6-8,11,18H,3-5,9-10,12H2,1-2H3,(H,16,19). The normalized spacial score (nSPS) is 10.6. The minimum Gasteiger partial charge on any atom is -0.497 e. The Labute approximate surface area is 120 Å². The topological polar surface area (TPSA) is 61.8 Å². The highest BCUT2D eigenvalue weighted by molar-refractivity contribution is 5.92. The number of methoxy groups -OCH3 is 1. The van der Waals surface area contributed by atoms with Crippen LogP contribution >= 0.6 is 0 Å². The van der Waals surface area contributed by atoms with Crippen molar-refractivity contribution in [2.75, 3.05) is 38.7 Å². The van der Waals surface area contributed by atoms with E-state index in [1.165, 1.54) is 0 Å². The molecule has 1 rings (SSSR count). The highest BCUT2D eigenvalue weighted by Crippen LogP contribution is 2.16. The molecule has 0 aromatic heterocycles. The number of ether oxygens (including phenoxy) is 1. The molecule has 0 radical (unpaired) electrons. The zero-order valence-corrected chi connectivity index (χ0v) is 12.3. The molecule has 0 aliphatic carbocycles. The van der Waals surface area contributed by atoms with Crippen molar-refractivity contribution in [3.63, 3.8) is 0 Å². The molecule has 0 unspecified atom stereocenters. The number of benzene rings is 1. The number of unbranched alkanes of at least 4 members (excludes halogenated alkanes) is 1. The van der Waals surface area contributed by atoms with Gasteiger partial charge in [0.05, 0.1) is 13.7 Å². The van der Waals surface area contributed by atoms with E-state index in [1.54, 1.807) is 13.2 Å². The quantitative estimate of drug-likeness (QED) is 0.676. The maximum Gasteiger partial charge on any atom is 0.238 e. The molecule has 1 aromatic carbocycles. The lowest BCUT2D eigenvalue weighted by molar-refractivity contribution is -0.117. The number of hydrogen-bond acceptors (Lipinski definition) is 4. The van der Waals surface area contributed by atoms with E-state index in [0.29, 0.717) is 6.54 Å². The molecule has 0 aliphatic heterocycles. The minimum atomic E-state index is -0.0379. The number of amides is 1. The molecule has 0 spiro atoms. The Kier molecular flexibility index (Phi) is 7.69. The highest BCUT2D eigenvalue weighted by atomic mass is 16.5. The van der Waals surface area contributed by atoms with Crippen LogP contribution in [-0.4, -0.2) is 49.3 Å². The average Bonchev–Trinajstić information content (AvgIpc) is 2.46. The first-order valence-corrected chi connectivity index (χ1v) is 6.96. The van der Waals surface area contributed by atoms with Crippen LogP contribution in [0, 0.1) is 0 Å². The number of nitrogens with zero attached hydrogens (tertiary/aromatic N) is 1. The summed E-state index contributed by atoms with van der Waals surface area (Å²) < 4.78 is 5.12. The first-order chi connectivity index (χ1) is 9.69. The highest BCUT2D eigenvalue weighted by Gasteiger charge is 2.09. The second-order valence-electron chi connectivity index (χ2n) is 4.58. The Morgan fingerprint density at radius 2 is 2.20 bits per heavy atom. The second kappa shape index (κ2) is 9.34. The molecule has 0 fully saturated rings. The van der Waals surface area contributed by atoms with E-state index in [1.807, 2.05) is 25.1 Å². The monoisotopic (exact) mass is 280 g/mol. The molecule has 0 heterocycles. The Bertz CT molecular complexity index is 410. The van der Waals surface area contributed by atoms with Crippen molar-refractivity contribution in [2.24, 2.45) is 0 Å². The Morgan fingerprint density at radius 3 is 2.85 bits per heavy atom. The van der Waals surface area contributed by atoms with E-state index in [4.69, 9.17) is 9.84 Å². The van der Waals surface area contributed by atoms with Crippen molar-refractivity contribution in [3.8, 4) is 5.75 Å². The minimum absolute atomic E-state index is 0.0379. The predicted octanol–water partition coefficient (Wildman–Crippen LogP) is 1.73. The van der Waals surface area contributed by atoms with Gasteiger partial charge in [-0.25, -0.2) is 0 Å². The van der Waals surface area contributed by atoms with E-state index in [9.17, 15) is 4.79 Å². The molecule has 0 saturated carbocycles. The van der Waals surface area contributed by atoms with Crippen molar-refractivity contribution in [3.05, 3.63) is 24.3 Å². The molecule has 112 valence electrons. The lowest BCUT2D eigenvalue weighted by Crippen LogP contribution is -2.34. The first-order valence-electron chi connectivity index (χ1n) is 6.96. The van der Waals surface area contributed by atoms with Gasteiger partial charge in [0.2, 0.25) is 5.91 Å². The molecule has 2 N–H and O–H groups in total. The summed E-state index contributed by atoms with van der Waals surface area (Å²) >= 11 is 0. The summed E-state index contributed by atoms with van der Waals surface area (Å²) in [6.45, 7) is 4.23. The summed E-state index contributed by atoms with van der Waals surface area (Å²) in [6, 6.07) is 7.30. The number of rotatable bonds is 9. The summed E-state index contributed by atoms with van der Waals surface area (Å²) in [5.74, 6) is 0.683. The third-order valence-corrected chi connectivity index (χ3v) is 3.05. The van der Waals surface area contributed by atoms with Gasteiger partial charge < -0.3 is 15.2 Å². The Morgan fingerprint density at radius 1 is 1.40 bits per heavy atom. The van der Waals surface area contributed by atoms with Gasteiger partial charge in [0.1, 0.15) is 5.75 Å². The van der Waals surface area contributed by atoms with Crippen LogP contribution in [0.25, 0.3) is 0 Å². The zero-order valence-electron chi connectivity index (χ0n) is 12.3. The van der Waals surface area contributed by atoms with Crippen molar-refractivity contribution in [1.82, 2.24) is 4.90 Å². The molecule has 20 heavy (non-hydrogen) atoms. The molecular formula is C15H24N2O3. The largest absolute Gasteiger partial charge is 0.497 e. The Hall–Kier alpha value is -1.59. The van der Waals surface area contributed by atoms with Gasteiger partial charge in [-0.1, -0.05) is 13.0 Å². The van der Waals surface area contributed by atoms with Gasteiger partial charge >= 0.3 is 0 Å². The number of anilines is 1. The summed E-state index contributed by atoms with van der Waals surface area (Å²) in [7, 11) is 1.60. The van der Waals surface area contributed by atoms with Gasteiger partial charge in [-0.3, -0.25) is 9.69 Å². The lowest BCUT2D eigenvalue weighted by Gasteiger charge is -2.19. The summed E-state index contributed by atoms with van der Waals surface area (Å²) in [4.78, 5) is 14.0. The smallest absolute Gasteiger partial charge is 0.238 e. The number of likely N-dealkylation sites (N-methyl/N-ethyl adjacent to an activating group) is 1. The fourth-order valence-corrected chi connectivity index (χ4v) is 1.90. The van der Waals surface area contributed by atoms with E-state index >= 15 is 0 Å². The molecule has 0 aliphatic rings. The van der Waals surface area contributed by atoms with Crippen LogP contribution in [0.5, 0.6) is 5.75 Å². The molecule has 5 nitrogen and oxygen atoms in total. The van der Waals surface area contributed by atoms with Crippen molar-refractivity contribution in [2.45, 2.75) is 19.8 Å². The van der Waals surface area contributed by atoms with Gasteiger partial charge in [-0.15, -0.1) is 0 Å². The molecule has 0 bridgehead atoms. The van der Waals surface area contributed by atoms with Crippen LogP contribution in [-0.2, 0) is 4.79 Å². The van der Waals surface area contributed by atoms with Gasteiger partial charge in [-0.2, -0.15) is 0 Å². The van der Waals surface area contributed by atoms with Crippen LogP contribution in [0.1, 0.15) is 19.8 Å². The third kappa shape index (κ3) is 6.04. The molecule has 1 amide bonds. The fraction of sp³-hybridized carbons (Fsp3) is 0.533. The van der Waals surface area contributed by atoms with Crippen LogP contribution < -0.4 is 10.1 Å². The average molecular weight is 280 g/mol. The molecule has 0 atom stereocenters. The second-order valence-corrected chi connectivity index (χ2v) is 4.58. The SMILES string of the molecule is CCN(CCCCO)CC(=O)Nc1cccc(OC)c1. The van der Waals surface area contributed by atoms with E-state index in [-0.39, 0.29) is 12.5 Å². The first kappa shape index (κ1) is 16.5. The van der Waals surface area contributed by atoms with Gasteiger partial charge in [0.25, 0.3) is 0 Å². The number of hydrogen-bond donors (Lipinski definition) is 2. The maximum atomic E-state index is 12.0. The molecule has 1 aromatic rings. The van der Waals surface area contributed by atoms with Crippen molar-refractivity contribution >= 4 is 11.6 Å². The summed E-state index contributed by atoms with van der Waals surface area (Å²) in [5.41, 5.74) is 0.737. The summed E-state index contributed by atoms with van der Waals surface area (Å²) in [6.07, 6.45) is 1.67. The number of aliphatic hydroxyl groups is 1. The molecular weight excluding hydrogens is 256 g/mol. The summed E-state index contributed by atoms with van der Waals surface area (Å²) in [5, 5.41) is 11.6. The molecule has 5 heteroatoms. The van der Waals surface area contributed by atoms with Crippen LogP contribution in [0.2, 0.25) is 0 Å². The van der Waals surface area contributed by atoms with Gasteiger partial charge in [0, 0.05) is 18.4 Å². The van der Waals surface area contributed by atoms with Crippen LogP contribution in [0.4, 0.5) is 5.69 Å². The maximum absolute atomic E-state index is 12.0. The Balaban J connectivity index is 2.44. The van der Waals surface area contributed by atoms with E-state index < -0.39 is 0 Å². The number of nitrogens with one attached hydrogen (secondary N) is 1. The van der Waals surface area contributed by atoms with Crippen molar-refractivity contribution < 1.29 is 14.6 Å². The van der Waals surface area contributed by atoms with E-state index in [2.05, 4.69) is 10.2 Å². The number of carbonyl (C=O) groups excluding carboxylic acids is 1. The number of aliphatic hydroxyl groups excluding tert-OH is 1. The number of carbonyl (C=O) groups is 1.